The number of ether oxygens (including phenoxy) is 4. The molecular weight excluding hydrogens is 690 g/mol. The summed E-state index contributed by atoms with van der Waals surface area (Å²) in [5, 5.41) is 35.7. The second-order valence-electron chi connectivity index (χ2n) is 15.8. The number of ketones is 1. The molecular formula is C43H49NO10. The lowest BCUT2D eigenvalue weighted by Gasteiger charge is -2.39. The van der Waals surface area contributed by atoms with Gasteiger partial charge in [-0.1, -0.05) is 30.9 Å². The van der Waals surface area contributed by atoms with Crippen molar-refractivity contribution in [2.24, 2.45) is 16.8 Å². The van der Waals surface area contributed by atoms with Gasteiger partial charge in [0.05, 0.1) is 48.4 Å². The molecule has 54 heavy (non-hydrogen) atoms. The van der Waals surface area contributed by atoms with Gasteiger partial charge in [-0.3, -0.25) is 14.6 Å². The highest BCUT2D eigenvalue weighted by atomic mass is 16.6. The summed E-state index contributed by atoms with van der Waals surface area (Å²) in [4.78, 5) is 45.5. The number of nitrogens with zero attached hydrogens (tertiary/aromatic N) is 1. The number of carbonyl (C=O) groups is 3. The first kappa shape index (κ1) is 36.6. The van der Waals surface area contributed by atoms with Crippen molar-refractivity contribution in [2.45, 2.75) is 109 Å². The Balaban J connectivity index is 1.37. The Morgan fingerprint density at radius 3 is 2.61 bits per heavy atom. The van der Waals surface area contributed by atoms with Gasteiger partial charge in [-0.2, -0.15) is 0 Å². The summed E-state index contributed by atoms with van der Waals surface area (Å²) in [5.41, 5.74) is 3.17. The zero-order chi connectivity index (χ0) is 37.7. The lowest BCUT2D eigenvalue weighted by molar-refractivity contribution is -0.141. The van der Waals surface area contributed by atoms with E-state index in [4.69, 9.17) is 18.9 Å². The molecule has 0 radical (unpaired) electrons. The van der Waals surface area contributed by atoms with Crippen molar-refractivity contribution >= 4 is 29.7 Å². The molecule has 4 heterocycles. The second-order valence-corrected chi connectivity index (χ2v) is 15.8. The number of carbonyl (C=O) groups excluding carboxylic acids is 3. The Labute approximate surface area is 314 Å². The molecule has 8 rings (SSSR count). The number of rotatable bonds is 7. The van der Waals surface area contributed by atoms with Crippen LogP contribution in [0.3, 0.4) is 0 Å². The van der Waals surface area contributed by atoms with E-state index in [2.05, 4.69) is 17.1 Å². The van der Waals surface area contributed by atoms with Gasteiger partial charge < -0.3 is 34.3 Å². The zero-order valence-corrected chi connectivity index (χ0v) is 31.1. The Kier molecular flexibility index (Phi) is 10.00. The number of hydrogen-bond donors (Lipinski definition) is 3. The molecule has 2 saturated carbocycles. The first-order chi connectivity index (χ1) is 26.2. The third-order valence-corrected chi connectivity index (χ3v) is 12.6. The largest absolute Gasteiger partial charge is 0.492 e. The molecule has 2 aromatic carbocycles. The molecule has 0 spiro atoms. The van der Waals surface area contributed by atoms with Gasteiger partial charge in [0.2, 0.25) is 5.76 Å². The van der Waals surface area contributed by atoms with Gasteiger partial charge in [0, 0.05) is 42.4 Å². The number of fused-ring (bicyclic) bond motifs is 7. The van der Waals surface area contributed by atoms with E-state index in [0.29, 0.717) is 60.3 Å². The van der Waals surface area contributed by atoms with Crippen molar-refractivity contribution in [2.75, 3.05) is 26.4 Å². The molecule has 11 nitrogen and oxygen atoms in total. The molecule has 0 saturated heterocycles. The molecule has 3 N–H and O–H groups in total. The quantitative estimate of drug-likeness (QED) is 0.281. The third kappa shape index (κ3) is 6.18. The van der Waals surface area contributed by atoms with Crippen molar-refractivity contribution in [3.63, 3.8) is 0 Å². The van der Waals surface area contributed by atoms with Crippen LogP contribution in [0.25, 0.3) is 11.6 Å². The Bertz CT molecular complexity index is 2090. The summed E-state index contributed by atoms with van der Waals surface area (Å²) in [6.45, 7) is 3.50. The fraction of sp³-hybridized carbons (Fsp3) is 0.535. The van der Waals surface area contributed by atoms with Crippen molar-refractivity contribution in [3.8, 4) is 17.2 Å². The lowest BCUT2D eigenvalue weighted by atomic mass is 9.73. The summed E-state index contributed by atoms with van der Waals surface area (Å²) in [6, 6.07) is 4.13. The van der Waals surface area contributed by atoms with Gasteiger partial charge in [-0.25, -0.2) is 4.79 Å². The molecule has 2 fully saturated rings. The van der Waals surface area contributed by atoms with Crippen molar-refractivity contribution < 1.29 is 48.7 Å². The minimum atomic E-state index is -1.20. The normalized spacial score (nSPS) is 26.0. The minimum Gasteiger partial charge on any atom is -0.492 e. The molecule has 0 aromatic heterocycles. The number of Topliss-reactive ketones (excluding diaryl/α,β-unsaturated/α-hetero) is 1. The maximum Gasteiger partial charge on any atom is 0.375 e. The van der Waals surface area contributed by atoms with E-state index in [1.807, 2.05) is 13.0 Å². The van der Waals surface area contributed by atoms with Crippen LogP contribution in [0.1, 0.15) is 105 Å². The van der Waals surface area contributed by atoms with Crippen LogP contribution >= 0.6 is 0 Å². The predicted octanol–water partition coefficient (Wildman–Crippen LogP) is 3.86. The highest BCUT2D eigenvalue weighted by molar-refractivity contribution is 6.11. The molecule has 4 aliphatic heterocycles. The topological polar surface area (TPSA) is 161 Å². The van der Waals surface area contributed by atoms with Crippen molar-refractivity contribution in [3.05, 3.63) is 67.4 Å². The minimum absolute atomic E-state index is 0.0142. The van der Waals surface area contributed by atoms with E-state index in [9.17, 15) is 29.7 Å². The standard InChI is InChI=1S/C43H49NO10/c1-3-51-42(49)41-31(20-46)36-26-11-12-34(48)29(16-26)28-15-25-13-14-44-33(25)17-24(28)10-9-23(19-45)22-52-39-30-18-35(43(2,50)27-7-5-4-6-8-27)53-38(30)32(21-47)40(54-41)37(36)39/h13,15,17,20,23,27,29,35,45,47,50H,3-12,14,16,18-19,21-22H2,1-2H3/b36-26-/t23-,29+,35+,43-/m1/s1. The monoisotopic (exact) mass is 739 g/mol. The van der Waals surface area contributed by atoms with Crippen molar-refractivity contribution in [1.82, 2.24) is 0 Å². The molecule has 2 bridgehead atoms. The van der Waals surface area contributed by atoms with E-state index in [1.165, 1.54) is 0 Å². The van der Waals surface area contributed by atoms with E-state index >= 15 is 0 Å². The fourth-order valence-corrected chi connectivity index (χ4v) is 9.60. The summed E-state index contributed by atoms with van der Waals surface area (Å²) in [7, 11) is 0. The highest BCUT2D eigenvalue weighted by Crippen LogP contribution is 2.57. The van der Waals surface area contributed by atoms with Crippen LogP contribution in [0, 0.1) is 11.8 Å². The maximum atomic E-state index is 13.9. The summed E-state index contributed by atoms with van der Waals surface area (Å²) >= 11 is 0. The van der Waals surface area contributed by atoms with Gasteiger partial charge in [-0.05, 0) is 86.8 Å². The summed E-state index contributed by atoms with van der Waals surface area (Å²) in [6.07, 6.45) is 9.16. The molecule has 2 aromatic rings. The van der Waals surface area contributed by atoms with E-state index in [1.54, 1.807) is 6.92 Å². The summed E-state index contributed by atoms with van der Waals surface area (Å²) in [5.74, 6) is -1.10. The number of aldehydes is 1. The van der Waals surface area contributed by atoms with Gasteiger partial charge in [0.1, 0.15) is 34.7 Å². The number of esters is 1. The van der Waals surface area contributed by atoms with Crippen molar-refractivity contribution in [1.29, 1.82) is 0 Å². The number of aliphatic hydroxyl groups is 3. The molecule has 0 unspecified atom stereocenters. The van der Waals surface area contributed by atoms with Gasteiger partial charge in [-0.15, -0.1) is 0 Å². The SMILES string of the molecule is CCOC(=O)C1=C(C=O)/C2=C3\CCC(=O)[C@@H](C3)c3cc4c(cc3CC[C@H](CO)COc3c5c(c(CO)c(c32)O1)O[C@H]([C@](C)(O)C1CCCCC1)C5)=NCC=4. The number of hydrogen-bond acceptors (Lipinski definition) is 11. The lowest BCUT2D eigenvalue weighted by Crippen LogP contribution is -2.49. The summed E-state index contributed by atoms with van der Waals surface area (Å²) < 4.78 is 25.2. The van der Waals surface area contributed by atoms with Crippen LogP contribution < -0.4 is 24.8 Å². The first-order valence-electron chi connectivity index (χ1n) is 19.6. The number of aryl methyl sites for hydroxylation is 1. The number of aliphatic hydroxyl groups excluding tert-OH is 2. The van der Waals surface area contributed by atoms with E-state index in [-0.39, 0.29) is 79.3 Å². The molecule has 286 valence electrons. The number of allylic oxidation sites excluding steroid dienone is 3. The zero-order valence-electron chi connectivity index (χ0n) is 31.1. The second kappa shape index (κ2) is 14.7. The third-order valence-electron chi connectivity index (χ3n) is 12.6. The Morgan fingerprint density at radius 2 is 1.87 bits per heavy atom. The molecule has 6 aliphatic rings. The van der Waals surface area contributed by atoms with Crippen LogP contribution in [-0.4, -0.2) is 71.4 Å². The van der Waals surface area contributed by atoms with Crippen LogP contribution in [0.5, 0.6) is 17.2 Å². The van der Waals surface area contributed by atoms with Crippen LogP contribution in [0.15, 0.2) is 34.0 Å². The highest BCUT2D eigenvalue weighted by Gasteiger charge is 2.49. The van der Waals surface area contributed by atoms with Gasteiger partial charge in [0.15, 0.2) is 6.29 Å². The molecule has 11 heteroatoms. The van der Waals surface area contributed by atoms with E-state index in [0.717, 1.165) is 59.4 Å². The first-order valence-corrected chi connectivity index (χ1v) is 19.6. The maximum absolute atomic E-state index is 13.9. The van der Waals surface area contributed by atoms with E-state index < -0.39 is 30.2 Å². The fourth-order valence-electron chi connectivity index (χ4n) is 9.60. The average Bonchev–Trinajstić information content (AvgIpc) is 3.85. The van der Waals surface area contributed by atoms with Crippen LogP contribution in [0.2, 0.25) is 0 Å². The predicted molar refractivity (Wildman–Crippen MR) is 198 cm³/mol. The van der Waals surface area contributed by atoms with Gasteiger partial charge in [0.25, 0.3) is 0 Å². The van der Waals surface area contributed by atoms with Crippen LogP contribution in [0.4, 0.5) is 0 Å². The molecule has 2 aliphatic carbocycles. The van der Waals surface area contributed by atoms with Gasteiger partial charge >= 0.3 is 5.97 Å². The average molecular weight is 740 g/mol. The Hall–Kier alpha value is -4.32. The van der Waals surface area contributed by atoms with Crippen LogP contribution in [-0.2, 0) is 38.6 Å². The molecule has 0 amide bonds. The Morgan fingerprint density at radius 1 is 1.06 bits per heavy atom. The smallest absolute Gasteiger partial charge is 0.375 e. The molecule has 4 atom stereocenters. The number of benzene rings is 2.